The molecule has 0 bridgehead atoms. The Balaban J connectivity index is 1.60. The number of amides is 1. The van der Waals surface area contributed by atoms with E-state index >= 15 is 0 Å². The van der Waals surface area contributed by atoms with Gasteiger partial charge in [-0.2, -0.15) is 0 Å². The number of fused-ring (bicyclic) bond motifs is 2. The van der Waals surface area contributed by atoms with Gasteiger partial charge in [0.2, 0.25) is 5.91 Å². The number of hydrogen-bond acceptors (Lipinski definition) is 5. The maximum absolute atomic E-state index is 12.3. The average molecular weight is 404 g/mol. The Morgan fingerprint density at radius 1 is 1.25 bits per heavy atom. The first-order valence-electron chi connectivity index (χ1n) is 7.05. The Bertz CT molecular complexity index is 1130. The van der Waals surface area contributed by atoms with E-state index in [0.717, 1.165) is 14.7 Å². The fourth-order valence-corrected chi connectivity index (χ4v) is 3.93. The van der Waals surface area contributed by atoms with Crippen molar-refractivity contribution in [3.8, 4) is 0 Å². The van der Waals surface area contributed by atoms with Gasteiger partial charge in [-0.3, -0.25) is 9.36 Å². The van der Waals surface area contributed by atoms with Crippen molar-refractivity contribution >= 4 is 59.6 Å². The van der Waals surface area contributed by atoms with Crippen LogP contribution in [0.3, 0.4) is 0 Å². The van der Waals surface area contributed by atoms with E-state index in [-0.39, 0.29) is 12.5 Å². The van der Waals surface area contributed by atoms with Crippen molar-refractivity contribution in [2.45, 2.75) is 6.54 Å². The van der Waals surface area contributed by atoms with Crippen LogP contribution in [0.25, 0.3) is 21.3 Å². The summed E-state index contributed by atoms with van der Waals surface area (Å²) in [6.45, 7) is -0.132. The van der Waals surface area contributed by atoms with Crippen LogP contribution in [0.2, 0.25) is 0 Å². The molecule has 0 saturated heterocycles. The molecule has 0 saturated carbocycles. The average Bonchev–Trinajstić information content (AvgIpc) is 3.10. The van der Waals surface area contributed by atoms with Gasteiger partial charge in [-0.05, 0) is 40.2 Å². The molecule has 0 atom stereocenters. The van der Waals surface area contributed by atoms with Gasteiger partial charge in [0, 0.05) is 4.47 Å². The summed E-state index contributed by atoms with van der Waals surface area (Å²) in [5, 5.41) is 3.22. The van der Waals surface area contributed by atoms with E-state index in [1.165, 1.54) is 15.9 Å². The monoisotopic (exact) mass is 403 g/mol. The molecule has 4 aromatic rings. The SMILES string of the molecule is O=C(Cn1c(=O)oc2ccccc21)Nc1nc2c(Br)cccc2s1. The zero-order chi connectivity index (χ0) is 16.7. The fraction of sp³-hybridized carbons (Fsp3) is 0.0625. The van der Waals surface area contributed by atoms with E-state index in [1.54, 1.807) is 24.3 Å². The molecule has 0 unspecified atom stereocenters. The first-order valence-corrected chi connectivity index (χ1v) is 8.66. The maximum Gasteiger partial charge on any atom is 0.420 e. The minimum absolute atomic E-state index is 0.132. The summed E-state index contributed by atoms with van der Waals surface area (Å²) < 4.78 is 8.25. The van der Waals surface area contributed by atoms with Crippen molar-refractivity contribution in [3.63, 3.8) is 0 Å². The summed E-state index contributed by atoms with van der Waals surface area (Å²) in [5.74, 6) is -0.891. The van der Waals surface area contributed by atoms with Crippen LogP contribution in [-0.4, -0.2) is 15.5 Å². The van der Waals surface area contributed by atoms with Crippen LogP contribution in [0.15, 0.2) is 56.1 Å². The zero-order valence-electron chi connectivity index (χ0n) is 12.2. The van der Waals surface area contributed by atoms with Crippen molar-refractivity contribution in [1.82, 2.24) is 9.55 Å². The van der Waals surface area contributed by atoms with E-state index in [1.807, 2.05) is 18.2 Å². The van der Waals surface area contributed by atoms with E-state index in [2.05, 4.69) is 26.2 Å². The number of hydrogen-bond donors (Lipinski definition) is 1. The molecule has 0 aliphatic carbocycles. The summed E-state index contributed by atoms with van der Waals surface area (Å²) in [4.78, 5) is 28.6. The third-order valence-electron chi connectivity index (χ3n) is 3.49. The molecule has 2 aromatic heterocycles. The highest BCUT2D eigenvalue weighted by Gasteiger charge is 2.14. The molecular formula is C16H10BrN3O3S. The Morgan fingerprint density at radius 2 is 2.08 bits per heavy atom. The number of rotatable bonds is 3. The lowest BCUT2D eigenvalue weighted by Gasteiger charge is -2.02. The number of thiazole rings is 1. The van der Waals surface area contributed by atoms with Gasteiger partial charge in [0.15, 0.2) is 10.7 Å². The van der Waals surface area contributed by atoms with E-state index in [4.69, 9.17) is 4.42 Å². The molecule has 0 radical (unpaired) electrons. The van der Waals surface area contributed by atoms with Crippen LogP contribution in [0.5, 0.6) is 0 Å². The molecule has 1 N–H and O–H groups in total. The molecule has 6 nitrogen and oxygen atoms in total. The lowest BCUT2D eigenvalue weighted by Crippen LogP contribution is -2.24. The second-order valence-electron chi connectivity index (χ2n) is 5.08. The highest BCUT2D eigenvalue weighted by Crippen LogP contribution is 2.30. The highest BCUT2D eigenvalue weighted by molar-refractivity contribution is 9.10. The number of aromatic nitrogens is 2. The number of carbonyl (C=O) groups excluding carboxylic acids is 1. The quantitative estimate of drug-likeness (QED) is 0.566. The number of nitrogens with one attached hydrogen (secondary N) is 1. The molecular weight excluding hydrogens is 394 g/mol. The number of para-hydroxylation sites is 3. The largest absolute Gasteiger partial charge is 0.420 e. The minimum Gasteiger partial charge on any atom is -0.408 e. The molecule has 2 aromatic carbocycles. The molecule has 0 spiro atoms. The summed E-state index contributed by atoms with van der Waals surface area (Å²) in [7, 11) is 0. The van der Waals surface area contributed by atoms with Gasteiger partial charge in [0.25, 0.3) is 0 Å². The summed E-state index contributed by atoms with van der Waals surface area (Å²) >= 11 is 4.81. The molecule has 0 fully saturated rings. The van der Waals surface area contributed by atoms with Crippen LogP contribution in [-0.2, 0) is 11.3 Å². The number of anilines is 1. The van der Waals surface area contributed by atoms with Crippen LogP contribution in [0.4, 0.5) is 5.13 Å². The van der Waals surface area contributed by atoms with Gasteiger partial charge >= 0.3 is 5.76 Å². The van der Waals surface area contributed by atoms with Crippen LogP contribution in [0, 0.1) is 0 Å². The topological polar surface area (TPSA) is 77.1 Å². The van der Waals surface area contributed by atoms with Crippen molar-refractivity contribution in [2.75, 3.05) is 5.32 Å². The zero-order valence-corrected chi connectivity index (χ0v) is 14.6. The van der Waals surface area contributed by atoms with Crippen molar-refractivity contribution in [2.24, 2.45) is 0 Å². The van der Waals surface area contributed by atoms with Crippen LogP contribution >= 0.6 is 27.3 Å². The van der Waals surface area contributed by atoms with Crippen molar-refractivity contribution < 1.29 is 9.21 Å². The molecule has 0 aliphatic rings. The maximum atomic E-state index is 12.3. The first kappa shape index (κ1) is 15.1. The Morgan fingerprint density at radius 3 is 2.92 bits per heavy atom. The lowest BCUT2D eigenvalue weighted by atomic mass is 10.3. The van der Waals surface area contributed by atoms with Gasteiger partial charge in [-0.15, -0.1) is 0 Å². The predicted octanol–water partition coefficient (Wildman–Crippen LogP) is 3.61. The minimum atomic E-state index is -0.557. The second-order valence-corrected chi connectivity index (χ2v) is 6.96. The Hall–Kier alpha value is -2.45. The third kappa shape index (κ3) is 2.63. The highest BCUT2D eigenvalue weighted by atomic mass is 79.9. The predicted molar refractivity (Wildman–Crippen MR) is 96.4 cm³/mol. The Labute approximate surface area is 147 Å². The normalized spacial score (nSPS) is 11.2. The van der Waals surface area contributed by atoms with E-state index in [9.17, 15) is 9.59 Å². The van der Waals surface area contributed by atoms with Crippen molar-refractivity contribution in [3.05, 3.63) is 57.5 Å². The number of benzene rings is 2. The molecule has 120 valence electrons. The number of oxazole rings is 1. The summed E-state index contributed by atoms with van der Waals surface area (Å²) in [6, 6.07) is 12.7. The van der Waals surface area contributed by atoms with E-state index < -0.39 is 5.76 Å². The number of carbonyl (C=O) groups is 1. The van der Waals surface area contributed by atoms with Gasteiger partial charge < -0.3 is 9.73 Å². The number of nitrogens with zero attached hydrogens (tertiary/aromatic N) is 2. The van der Waals surface area contributed by atoms with Crippen LogP contribution < -0.4 is 11.1 Å². The molecule has 8 heteroatoms. The van der Waals surface area contributed by atoms with Gasteiger partial charge in [0.05, 0.1) is 15.7 Å². The van der Waals surface area contributed by atoms with Crippen LogP contribution in [0.1, 0.15) is 0 Å². The fourth-order valence-electron chi connectivity index (χ4n) is 2.43. The summed E-state index contributed by atoms with van der Waals surface area (Å²) in [6.07, 6.45) is 0. The number of halogens is 1. The first-order chi connectivity index (χ1) is 11.6. The second kappa shape index (κ2) is 5.88. The summed E-state index contributed by atoms with van der Waals surface area (Å²) in [5.41, 5.74) is 1.84. The molecule has 2 heterocycles. The van der Waals surface area contributed by atoms with Gasteiger partial charge in [-0.1, -0.05) is 29.5 Å². The van der Waals surface area contributed by atoms with Gasteiger partial charge in [0.1, 0.15) is 6.54 Å². The van der Waals surface area contributed by atoms with Crippen molar-refractivity contribution in [1.29, 1.82) is 0 Å². The van der Waals surface area contributed by atoms with Gasteiger partial charge in [-0.25, -0.2) is 9.78 Å². The Kier molecular flexibility index (Phi) is 3.70. The molecule has 4 rings (SSSR count). The standard InChI is InChI=1S/C16H10BrN3O3S/c17-9-4-3-7-12-14(9)19-15(24-12)18-13(21)8-20-10-5-1-2-6-11(10)23-16(20)22/h1-7H,8H2,(H,18,19,21). The molecule has 0 aliphatic heterocycles. The van der Waals surface area contributed by atoms with E-state index in [0.29, 0.717) is 16.2 Å². The molecule has 24 heavy (non-hydrogen) atoms. The molecule has 1 amide bonds. The third-order valence-corrected chi connectivity index (χ3v) is 5.07. The lowest BCUT2D eigenvalue weighted by molar-refractivity contribution is -0.116. The smallest absolute Gasteiger partial charge is 0.408 e.